The molecule has 1 amide bonds. The van der Waals surface area contributed by atoms with Gasteiger partial charge in [-0.25, -0.2) is 0 Å². The van der Waals surface area contributed by atoms with E-state index in [-0.39, 0.29) is 12.3 Å². The zero-order valence-electron chi connectivity index (χ0n) is 15.8. The number of carboxylic acid groups (broad SMARTS) is 1. The van der Waals surface area contributed by atoms with E-state index < -0.39 is 5.97 Å². The number of furan rings is 1. The van der Waals surface area contributed by atoms with E-state index in [1.165, 1.54) is 11.8 Å². The van der Waals surface area contributed by atoms with Gasteiger partial charge < -0.3 is 14.1 Å². The molecule has 0 bridgehead atoms. The number of aromatic nitrogens is 1. The van der Waals surface area contributed by atoms with E-state index in [0.717, 1.165) is 22.7 Å². The number of carbonyl (C=O) groups is 2. The van der Waals surface area contributed by atoms with Gasteiger partial charge in [0, 0.05) is 24.4 Å². The molecule has 2 aromatic rings. The number of thiocarbonyl (C=S) groups is 1. The fourth-order valence-corrected chi connectivity index (χ4v) is 4.46. The summed E-state index contributed by atoms with van der Waals surface area (Å²) in [5.74, 6) is -0.0580. The minimum Gasteiger partial charge on any atom is -0.481 e. The van der Waals surface area contributed by atoms with E-state index in [2.05, 4.69) is 10.6 Å². The quantitative estimate of drug-likeness (QED) is 0.393. The zero-order chi connectivity index (χ0) is 20.3. The first-order chi connectivity index (χ1) is 13.4. The van der Waals surface area contributed by atoms with Gasteiger partial charge in [0.05, 0.1) is 17.7 Å². The molecule has 148 valence electrons. The van der Waals surface area contributed by atoms with Crippen LogP contribution < -0.4 is 0 Å². The Balaban J connectivity index is 1.72. The third kappa shape index (κ3) is 4.56. The summed E-state index contributed by atoms with van der Waals surface area (Å²) in [6, 6.07) is 5.86. The fraction of sp³-hybridized carbons (Fsp3) is 0.350. The first-order valence-electron chi connectivity index (χ1n) is 9.03. The molecule has 0 radical (unpaired) electrons. The van der Waals surface area contributed by atoms with Gasteiger partial charge in [-0.3, -0.25) is 14.5 Å². The minimum absolute atomic E-state index is 0.103. The minimum atomic E-state index is -0.824. The van der Waals surface area contributed by atoms with Crippen molar-refractivity contribution >= 4 is 46.3 Å². The van der Waals surface area contributed by atoms with Crippen LogP contribution in [0.2, 0.25) is 0 Å². The van der Waals surface area contributed by atoms with Gasteiger partial charge in [-0.05, 0) is 56.5 Å². The van der Waals surface area contributed by atoms with Crippen LogP contribution in [0.4, 0.5) is 0 Å². The standard InChI is InChI=1S/C20H22N2O4S2/c1-13-10-15(14(2)22(13)12-16-6-5-9-26-16)11-17-19(25)21(20(27)28-17)8-4-3-7-18(23)24/h5-6,9-11H,3-4,7-8,12H2,1-2H3,(H,23,24)/b17-11-. The van der Waals surface area contributed by atoms with Crippen molar-refractivity contribution in [3.05, 3.63) is 52.1 Å². The fourth-order valence-electron chi connectivity index (χ4n) is 3.16. The van der Waals surface area contributed by atoms with Crippen molar-refractivity contribution in [2.24, 2.45) is 0 Å². The number of unbranched alkanes of at least 4 members (excludes halogenated alkanes) is 1. The average Bonchev–Trinajstić information content (AvgIpc) is 3.31. The first-order valence-corrected chi connectivity index (χ1v) is 10.3. The third-order valence-electron chi connectivity index (χ3n) is 4.69. The lowest BCUT2D eigenvalue weighted by molar-refractivity contribution is -0.137. The van der Waals surface area contributed by atoms with Gasteiger partial charge in [-0.15, -0.1) is 0 Å². The molecule has 2 aromatic heterocycles. The molecule has 1 N–H and O–H groups in total. The van der Waals surface area contributed by atoms with Crippen LogP contribution in [0.1, 0.15) is 42.0 Å². The van der Waals surface area contributed by atoms with Crippen molar-refractivity contribution < 1.29 is 19.1 Å². The Morgan fingerprint density at radius 3 is 2.82 bits per heavy atom. The van der Waals surface area contributed by atoms with Crippen molar-refractivity contribution in [1.29, 1.82) is 0 Å². The highest BCUT2D eigenvalue weighted by Gasteiger charge is 2.31. The molecule has 6 nitrogen and oxygen atoms in total. The number of aliphatic carboxylic acids is 1. The van der Waals surface area contributed by atoms with Crippen LogP contribution >= 0.6 is 24.0 Å². The second-order valence-corrected chi connectivity index (χ2v) is 8.35. The summed E-state index contributed by atoms with van der Waals surface area (Å²) in [7, 11) is 0. The lowest BCUT2D eigenvalue weighted by Crippen LogP contribution is -2.29. The number of rotatable bonds is 8. The van der Waals surface area contributed by atoms with Gasteiger partial charge in [0.2, 0.25) is 0 Å². The van der Waals surface area contributed by atoms with Crippen molar-refractivity contribution in [2.75, 3.05) is 6.54 Å². The van der Waals surface area contributed by atoms with Crippen LogP contribution in [0.15, 0.2) is 33.8 Å². The summed E-state index contributed by atoms with van der Waals surface area (Å²) in [5.41, 5.74) is 3.13. The molecule has 0 saturated carbocycles. The van der Waals surface area contributed by atoms with Crippen LogP contribution in [0, 0.1) is 13.8 Å². The molecule has 1 fully saturated rings. The monoisotopic (exact) mass is 418 g/mol. The summed E-state index contributed by atoms with van der Waals surface area (Å²) in [4.78, 5) is 25.5. The maximum atomic E-state index is 12.7. The predicted molar refractivity (Wildman–Crippen MR) is 113 cm³/mol. The average molecular weight is 419 g/mol. The third-order valence-corrected chi connectivity index (χ3v) is 6.07. The number of hydrogen-bond acceptors (Lipinski definition) is 5. The first kappa shape index (κ1) is 20.4. The summed E-state index contributed by atoms with van der Waals surface area (Å²) >= 11 is 6.64. The van der Waals surface area contributed by atoms with E-state index in [1.54, 1.807) is 11.2 Å². The maximum Gasteiger partial charge on any atom is 0.303 e. The molecule has 0 aromatic carbocycles. The lowest BCUT2D eigenvalue weighted by Gasteiger charge is -2.13. The molecule has 0 spiro atoms. The highest BCUT2D eigenvalue weighted by Crippen LogP contribution is 2.34. The summed E-state index contributed by atoms with van der Waals surface area (Å²) in [5, 5.41) is 8.72. The van der Waals surface area contributed by atoms with E-state index in [1.807, 2.05) is 32.1 Å². The van der Waals surface area contributed by atoms with E-state index in [9.17, 15) is 9.59 Å². The van der Waals surface area contributed by atoms with Crippen molar-refractivity contribution in [3.63, 3.8) is 0 Å². The van der Waals surface area contributed by atoms with E-state index in [4.69, 9.17) is 21.7 Å². The molecule has 1 aliphatic heterocycles. The summed E-state index contributed by atoms with van der Waals surface area (Å²) in [6.45, 7) is 5.14. The molecule has 28 heavy (non-hydrogen) atoms. The Kier molecular flexibility index (Phi) is 6.41. The highest BCUT2D eigenvalue weighted by atomic mass is 32.2. The normalized spacial score (nSPS) is 15.8. The predicted octanol–water partition coefficient (Wildman–Crippen LogP) is 4.20. The number of thioether (sulfide) groups is 1. The molecular weight excluding hydrogens is 396 g/mol. The van der Waals surface area contributed by atoms with E-state index in [0.29, 0.717) is 35.2 Å². The maximum absolute atomic E-state index is 12.7. The number of hydrogen-bond donors (Lipinski definition) is 1. The Morgan fingerprint density at radius 2 is 2.14 bits per heavy atom. The molecule has 8 heteroatoms. The van der Waals surface area contributed by atoms with Crippen molar-refractivity contribution in [3.8, 4) is 0 Å². The van der Waals surface area contributed by atoms with Gasteiger partial charge in [0.15, 0.2) is 0 Å². The molecule has 1 aliphatic rings. The van der Waals surface area contributed by atoms with Gasteiger partial charge >= 0.3 is 5.97 Å². The SMILES string of the molecule is Cc1cc(/C=C2\SC(=S)N(CCCCC(=O)O)C2=O)c(C)n1Cc1ccco1. The van der Waals surface area contributed by atoms with Crippen LogP contribution in [0.5, 0.6) is 0 Å². The molecule has 1 saturated heterocycles. The number of carboxylic acids is 1. The van der Waals surface area contributed by atoms with E-state index >= 15 is 0 Å². The molecular formula is C20H22N2O4S2. The number of carbonyl (C=O) groups excluding carboxylic acids is 1. The molecule has 0 atom stereocenters. The Bertz CT molecular complexity index is 928. The molecule has 0 aliphatic carbocycles. The number of nitrogens with zero attached hydrogens (tertiary/aromatic N) is 2. The number of aryl methyl sites for hydroxylation is 1. The Morgan fingerprint density at radius 1 is 1.36 bits per heavy atom. The topological polar surface area (TPSA) is 75.7 Å². The van der Waals surface area contributed by atoms with Crippen molar-refractivity contribution in [1.82, 2.24) is 9.47 Å². The van der Waals surface area contributed by atoms with Gasteiger partial charge in [0.1, 0.15) is 10.1 Å². The van der Waals surface area contributed by atoms with Gasteiger partial charge in [0.25, 0.3) is 5.91 Å². The molecule has 3 heterocycles. The summed E-state index contributed by atoms with van der Waals surface area (Å²) < 4.78 is 8.12. The summed E-state index contributed by atoms with van der Waals surface area (Å²) in [6.07, 6.45) is 4.79. The molecule has 3 rings (SSSR count). The number of amides is 1. The Hall–Kier alpha value is -2.32. The van der Waals surface area contributed by atoms with Gasteiger partial charge in [-0.2, -0.15) is 0 Å². The molecule has 0 unspecified atom stereocenters. The zero-order valence-corrected chi connectivity index (χ0v) is 17.4. The van der Waals surface area contributed by atoms with Crippen LogP contribution in [0.3, 0.4) is 0 Å². The smallest absolute Gasteiger partial charge is 0.303 e. The van der Waals surface area contributed by atoms with Crippen molar-refractivity contribution in [2.45, 2.75) is 39.7 Å². The van der Waals surface area contributed by atoms with Crippen LogP contribution in [-0.4, -0.2) is 37.3 Å². The largest absolute Gasteiger partial charge is 0.481 e. The second kappa shape index (κ2) is 8.79. The second-order valence-electron chi connectivity index (χ2n) is 6.68. The van der Waals surface area contributed by atoms with Gasteiger partial charge in [-0.1, -0.05) is 24.0 Å². The highest BCUT2D eigenvalue weighted by molar-refractivity contribution is 8.26. The van der Waals surface area contributed by atoms with Crippen LogP contribution in [0.25, 0.3) is 6.08 Å². The lowest BCUT2D eigenvalue weighted by atomic mass is 10.2. The van der Waals surface area contributed by atoms with Crippen LogP contribution in [-0.2, 0) is 16.1 Å². The Labute approximate surface area is 173 Å².